The summed E-state index contributed by atoms with van der Waals surface area (Å²) < 4.78 is 0. The summed E-state index contributed by atoms with van der Waals surface area (Å²) in [5.41, 5.74) is 0.798. The minimum Gasteiger partial charge on any atom is -0.318 e. The van der Waals surface area contributed by atoms with Crippen LogP contribution in [0.1, 0.15) is 13.8 Å². The molecule has 0 fully saturated rings. The molecule has 4 nitrogen and oxygen atoms in total. The lowest BCUT2D eigenvalue weighted by molar-refractivity contribution is -0.148. The Labute approximate surface area is 87.4 Å². The molecule has 78 valence electrons. The van der Waals surface area contributed by atoms with E-state index in [9.17, 15) is 4.79 Å². The van der Waals surface area contributed by atoms with E-state index in [0.717, 1.165) is 10.9 Å². The Morgan fingerprint density at radius 2 is 2.13 bits per heavy atom. The number of hydrogen-bond donors (Lipinski definition) is 0. The molecule has 1 aromatic carbocycles. The summed E-state index contributed by atoms with van der Waals surface area (Å²) in [4.78, 5) is 17.7. The maximum absolute atomic E-state index is 11.4. The van der Waals surface area contributed by atoms with Crippen molar-refractivity contribution in [3.63, 3.8) is 0 Å². The zero-order valence-corrected chi connectivity index (χ0v) is 8.68. The molecule has 0 spiro atoms. The van der Waals surface area contributed by atoms with Gasteiger partial charge in [-0.15, -0.1) is 5.10 Å². The maximum Gasteiger partial charge on any atom is 0.337 e. The smallest absolute Gasteiger partial charge is 0.318 e. The van der Waals surface area contributed by atoms with Crippen LogP contribution in [0.3, 0.4) is 0 Å². The third-order valence-electron chi connectivity index (χ3n) is 2.09. The molecule has 0 aliphatic carbocycles. The van der Waals surface area contributed by atoms with Gasteiger partial charge >= 0.3 is 5.97 Å². The zero-order valence-electron chi connectivity index (χ0n) is 8.68. The molecule has 0 amide bonds. The van der Waals surface area contributed by atoms with Gasteiger partial charge in [0.05, 0.1) is 12.1 Å². The van der Waals surface area contributed by atoms with Gasteiger partial charge in [-0.2, -0.15) is 0 Å². The van der Waals surface area contributed by atoms with Gasteiger partial charge in [-0.25, -0.2) is 4.79 Å². The predicted molar refractivity (Wildman–Crippen MR) is 56.2 cm³/mol. The maximum atomic E-state index is 11.4. The number of carbonyl (C=O) groups excluding carboxylic acids is 1. The monoisotopic (exact) mass is 204 g/mol. The number of nitrogens with zero attached hydrogens (tertiary/aromatic N) is 2. The molecule has 4 heteroatoms. The normalized spacial score (nSPS) is 10.9. The van der Waals surface area contributed by atoms with Crippen molar-refractivity contribution in [2.75, 3.05) is 0 Å². The molecule has 0 bridgehead atoms. The first-order chi connectivity index (χ1) is 7.18. The van der Waals surface area contributed by atoms with Gasteiger partial charge in [-0.05, 0) is 6.07 Å². The lowest BCUT2D eigenvalue weighted by Crippen LogP contribution is -2.24. The average Bonchev–Trinajstić information content (AvgIpc) is 2.62. The van der Waals surface area contributed by atoms with Crippen LogP contribution in [0, 0.1) is 5.92 Å². The van der Waals surface area contributed by atoms with Gasteiger partial charge < -0.3 is 4.84 Å². The van der Waals surface area contributed by atoms with Crippen LogP contribution in [0.15, 0.2) is 30.5 Å². The fraction of sp³-hybridized carbons (Fsp3) is 0.273. The van der Waals surface area contributed by atoms with Crippen molar-refractivity contribution in [2.45, 2.75) is 13.8 Å². The van der Waals surface area contributed by atoms with Gasteiger partial charge in [0.25, 0.3) is 0 Å². The second kappa shape index (κ2) is 3.73. The molecule has 2 rings (SSSR count). The fourth-order valence-corrected chi connectivity index (χ4v) is 1.21. The Kier molecular flexibility index (Phi) is 2.41. The summed E-state index contributed by atoms with van der Waals surface area (Å²) in [6, 6.07) is 7.57. The Morgan fingerprint density at radius 3 is 2.87 bits per heavy atom. The number of hydrogen-bond acceptors (Lipinski definition) is 3. The Bertz CT molecular complexity index is 488. The second-order valence-electron chi connectivity index (χ2n) is 3.64. The van der Waals surface area contributed by atoms with Crippen LogP contribution >= 0.6 is 0 Å². The van der Waals surface area contributed by atoms with E-state index in [1.54, 1.807) is 20.0 Å². The highest BCUT2D eigenvalue weighted by molar-refractivity contribution is 5.79. The molecular weight excluding hydrogens is 192 g/mol. The van der Waals surface area contributed by atoms with Crippen molar-refractivity contribution in [2.24, 2.45) is 5.92 Å². The first kappa shape index (κ1) is 9.71. The van der Waals surface area contributed by atoms with E-state index in [1.807, 2.05) is 24.3 Å². The van der Waals surface area contributed by atoms with Gasteiger partial charge in [-0.3, -0.25) is 0 Å². The molecule has 0 atom stereocenters. The van der Waals surface area contributed by atoms with E-state index in [2.05, 4.69) is 5.10 Å². The minimum atomic E-state index is -0.288. The molecule has 0 aliphatic rings. The number of benzene rings is 1. The number of fused-ring (bicyclic) bond motifs is 1. The van der Waals surface area contributed by atoms with Crippen LogP contribution in [0.4, 0.5) is 0 Å². The molecule has 0 radical (unpaired) electrons. The zero-order chi connectivity index (χ0) is 10.8. The highest BCUT2D eigenvalue weighted by Gasteiger charge is 2.11. The van der Waals surface area contributed by atoms with Crippen LogP contribution in [0.5, 0.6) is 0 Å². The van der Waals surface area contributed by atoms with Crippen LogP contribution in [0.25, 0.3) is 10.9 Å². The van der Waals surface area contributed by atoms with Gasteiger partial charge in [0.15, 0.2) is 0 Å². The molecule has 1 aromatic heterocycles. The second-order valence-corrected chi connectivity index (χ2v) is 3.64. The summed E-state index contributed by atoms with van der Waals surface area (Å²) in [5, 5.41) is 4.94. The molecule has 0 unspecified atom stereocenters. The van der Waals surface area contributed by atoms with Crippen LogP contribution < -0.4 is 4.84 Å². The van der Waals surface area contributed by atoms with Gasteiger partial charge in [0.2, 0.25) is 0 Å². The van der Waals surface area contributed by atoms with Gasteiger partial charge in [0, 0.05) is 5.39 Å². The van der Waals surface area contributed by atoms with Crippen LogP contribution in [0.2, 0.25) is 0 Å². The van der Waals surface area contributed by atoms with E-state index in [1.165, 1.54) is 4.85 Å². The van der Waals surface area contributed by atoms with E-state index in [0.29, 0.717) is 0 Å². The van der Waals surface area contributed by atoms with Crippen molar-refractivity contribution in [1.29, 1.82) is 0 Å². The third kappa shape index (κ3) is 1.83. The lowest BCUT2D eigenvalue weighted by atomic mass is 10.2. The molecule has 15 heavy (non-hydrogen) atoms. The number of rotatable bonds is 2. The number of carbonyl (C=O) groups is 1. The highest BCUT2D eigenvalue weighted by atomic mass is 16.7. The van der Waals surface area contributed by atoms with E-state index < -0.39 is 0 Å². The average molecular weight is 204 g/mol. The van der Waals surface area contributed by atoms with Gasteiger partial charge in [-0.1, -0.05) is 36.9 Å². The quantitative estimate of drug-likeness (QED) is 0.747. The lowest BCUT2D eigenvalue weighted by Gasteiger charge is -2.05. The van der Waals surface area contributed by atoms with Crippen molar-refractivity contribution in [3.8, 4) is 0 Å². The summed E-state index contributed by atoms with van der Waals surface area (Å²) >= 11 is 0. The first-order valence-corrected chi connectivity index (χ1v) is 4.83. The molecule has 2 aromatic rings. The standard InChI is InChI=1S/C11H12N2O2/c1-8(2)11(14)15-13-10-6-4-3-5-9(10)7-12-13/h3-8H,1-2H3. The summed E-state index contributed by atoms with van der Waals surface area (Å²) in [6.07, 6.45) is 1.67. The topological polar surface area (TPSA) is 44.1 Å². The molecule has 0 saturated carbocycles. The van der Waals surface area contributed by atoms with E-state index in [-0.39, 0.29) is 11.9 Å². The summed E-state index contributed by atoms with van der Waals surface area (Å²) in [7, 11) is 0. The molecule has 0 N–H and O–H groups in total. The first-order valence-electron chi connectivity index (χ1n) is 4.83. The fourth-order valence-electron chi connectivity index (χ4n) is 1.21. The Hall–Kier alpha value is -1.84. The number of para-hydroxylation sites is 1. The number of aromatic nitrogens is 2. The van der Waals surface area contributed by atoms with Gasteiger partial charge in [0.1, 0.15) is 5.52 Å². The Balaban J connectivity index is 2.33. The summed E-state index contributed by atoms with van der Waals surface area (Å²) in [6.45, 7) is 3.57. The van der Waals surface area contributed by atoms with Crippen molar-refractivity contribution in [3.05, 3.63) is 30.5 Å². The van der Waals surface area contributed by atoms with E-state index >= 15 is 0 Å². The summed E-state index contributed by atoms with van der Waals surface area (Å²) in [5.74, 6) is -0.447. The third-order valence-corrected chi connectivity index (χ3v) is 2.09. The Morgan fingerprint density at radius 1 is 1.40 bits per heavy atom. The minimum absolute atomic E-state index is 0.159. The SMILES string of the molecule is CC(C)C(=O)On1ncc2ccccc21. The molecular formula is C11H12N2O2. The predicted octanol–water partition coefficient (Wildman–Crippen LogP) is 1.65. The highest BCUT2D eigenvalue weighted by Crippen LogP contribution is 2.11. The van der Waals surface area contributed by atoms with Crippen LogP contribution in [-0.4, -0.2) is 15.9 Å². The van der Waals surface area contributed by atoms with Crippen molar-refractivity contribution >= 4 is 16.9 Å². The van der Waals surface area contributed by atoms with Crippen LogP contribution in [-0.2, 0) is 4.79 Å². The van der Waals surface area contributed by atoms with Crippen molar-refractivity contribution in [1.82, 2.24) is 9.94 Å². The molecule has 0 saturated heterocycles. The molecule has 1 heterocycles. The molecule has 0 aliphatic heterocycles. The van der Waals surface area contributed by atoms with Crippen molar-refractivity contribution < 1.29 is 9.63 Å². The largest absolute Gasteiger partial charge is 0.337 e. The van der Waals surface area contributed by atoms with E-state index in [4.69, 9.17) is 4.84 Å².